The molecular formula is C13H18O3. The van der Waals surface area contributed by atoms with Crippen molar-refractivity contribution in [1.82, 2.24) is 0 Å². The smallest absolute Gasteiger partial charge is 0.333 e. The minimum Gasteiger partial charge on any atom is -0.479 e. The molecule has 0 aliphatic rings. The molecule has 0 heterocycles. The van der Waals surface area contributed by atoms with Gasteiger partial charge < -0.3 is 9.84 Å². The van der Waals surface area contributed by atoms with Crippen LogP contribution in [-0.4, -0.2) is 23.3 Å². The van der Waals surface area contributed by atoms with E-state index in [1.165, 1.54) is 5.56 Å². The van der Waals surface area contributed by atoms with Crippen LogP contribution in [0, 0.1) is 6.92 Å². The predicted molar refractivity (Wildman–Crippen MR) is 62.5 cm³/mol. The second-order valence-corrected chi connectivity index (χ2v) is 4.20. The van der Waals surface area contributed by atoms with Gasteiger partial charge in [0.05, 0.1) is 6.10 Å². The predicted octanol–water partition coefficient (Wildman–Crippen LogP) is 2.42. The normalized spacial score (nSPS) is 12.8. The molecule has 88 valence electrons. The van der Waals surface area contributed by atoms with Gasteiger partial charge in [-0.25, -0.2) is 4.79 Å². The van der Waals surface area contributed by atoms with E-state index in [2.05, 4.69) is 0 Å². The van der Waals surface area contributed by atoms with Crippen molar-refractivity contribution >= 4 is 5.97 Å². The number of carboxylic acid groups (broad SMARTS) is 1. The van der Waals surface area contributed by atoms with Crippen molar-refractivity contribution in [2.24, 2.45) is 0 Å². The first-order valence-electron chi connectivity index (χ1n) is 5.43. The van der Waals surface area contributed by atoms with Crippen LogP contribution in [0.1, 0.15) is 25.0 Å². The maximum absolute atomic E-state index is 11.0. The summed E-state index contributed by atoms with van der Waals surface area (Å²) in [5, 5.41) is 9.01. The van der Waals surface area contributed by atoms with Crippen LogP contribution in [-0.2, 0) is 16.0 Å². The molecule has 0 fully saturated rings. The van der Waals surface area contributed by atoms with Crippen LogP contribution < -0.4 is 0 Å². The molecule has 3 nitrogen and oxygen atoms in total. The van der Waals surface area contributed by atoms with E-state index in [4.69, 9.17) is 9.84 Å². The number of aryl methyl sites for hydroxylation is 1. The Morgan fingerprint density at radius 2 is 1.88 bits per heavy atom. The zero-order chi connectivity index (χ0) is 12.1. The Hall–Kier alpha value is -1.35. The molecule has 0 saturated heterocycles. The van der Waals surface area contributed by atoms with E-state index in [1.54, 1.807) is 0 Å². The zero-order valence-corrected chi connectivity index (χ0v) is 9.93. The topological polar surface area (TPSA) is 46.5 Å². The third-order valence-electron chi connectivity index (χ3n) is 2.25. The molecule has 1 aromatic rings. The van der Waals surface area contributed by atoms with Gasteiger partial charge >= 0.3 is 5.97 Å². The van der Waals surface area contributed by atoms with E-state index in [0.717, 1.165) is 5.56 Å². The molecule has 0 amide bonds. The number of rotatable bonds is 5. The molecule has 1 atom stereocenters. The standard InChI is InChI=1S/C13H18O3/c1-9(2)16-12(13(14)15)8-11-6-4-10(3)5-7-11/h4-7,9,12H,8H2,1-3H3,(H,14,15)/t12-/m0/s1. The van der Waals surface area contributed by atoms with E-state index in [0.29, 0.717) is 6.42 Å². The van der Waals surface area contributed by atoms with Crippen LogP contribution in [0.2, 0.25) is 0 Å². The van der Waals surface area contributed by atoms with Crippen LogP contribution >= 0.6 is 0 Å². The van der Waals surface area contributed by atoms with E-state index >= 15 is 0 Å². The van der Waals surface area contributed by atoms with Crippen LogP contribution in [0.3, 0.4) is 0 Å². The lowest BCUT2D eigenvalue weighted by Gasteiger charge is -2.16. The highest BCUT2D eigenvalue weighted by atomic mass is 16.5. The first-order valence-corrected chi connectivity index (χ1v) is 5.43. The maximum Gasteiger partial charge on any atom is 0.333 e. The molecule has 0 spiro atoms. The van der Waals surface area contributed by atoms with Gasteiger partial charge in [-0.3, -0.25) is 0 Å². The molecule has 0 aromatic heterocycles. The summed E-state index contributed by atoms with van der Waals surface area (Å²) in [5.74, 6) is -0.908. The largest absolute Gasteiger partial charge is 0.479 e. The van der Waals surface area contributed by atoms with Gasteiger partial charge in [-0.1, -0.05) is 29.8 Å². The Bertz CT molecular complexity index is 341. The second-order valence-electron chi connectivity index (χ2n) is 4.20. The number of carboxylic acids is 1. The van der Waals surface area contributed by atoms with Crippen molar-refractivity contribution < 1.29 is 14.6 Å². The van der Waals surface area contributed by atoms with E-state index in [1.807, 2.05) is 45.0 Å². The molecule has 0 aliphatic carbocycles. The molecule has 1 N–H and O–H groups in total. The molecule has 1 rings (SSSR count). The summed E-state index contributed by atoms with van der Waals surface area (Å²) in [6, 6.07) is 7.83. The van der Waals surface area contributed by atoms with Gasteiger partial charge in [0.2, 0.25) is 0 Å². The number of hydrogen-bond donors (Lipinski definition) is 1. The molecule has 3 heteroatoms. The number of carbonyl (C=O) groups is 1. The summed E-state index contributed by atoms with van der Waals surface area (Å²) < 4.78 is 5.35. The third kappa shape index (κ3) is 4.03. The van der Waals surface area contributed by atoms with Gasteiger partial charge in [0.15, 0.2) is 6.10 Å². The van der Waals surface area contributed by atoms with Gasteiger partial charge in [-0.15, -0.1) is 0 Å². The fourth-order valence-corrected chi connectivity index (χ4v) is 1.46. The summed E-state index contributed by atoms with van der Waals surface area (Å²) in [6.07, 6.45) is -0.428. The third-order valence-corrected chi connectivity index (χ3v) is 2.25. The SMILES string of the molecule is Cc1ccc(C[C@H](OC(C)C)C(=O)O)cc1. The van der Waals surface area contributed by atoms with Gasteiger partial charge in [-0.2, -0.15) is 0 Å². The lowest BCUT2D eigenvalue weighted by Crippen LogP contribution is -2.29. The quantitative estimate of drug-likeness (QED) is 0.832. The summed E-state index contributed by atoms with van der Waals surface area (Å²) in [7, 11) is 0. The molecule has 16 heavy (non-hydrogen) atoms. The Balaban J connectivity index is 2.68. The Morgan fingerprint density at radius 3 is 2.31 bits per heavy atom. The number of benzene rings is 1. The highest BCUT2D eigenvalue weighted by Crippen LogP contribution is 2.10. The Labute approximate surface area is 96.1 Å². The summed E-state index contributed by atoms with van der Waals surface area (Å²) in [5.41, 5.74) is 2.15. The second kappa shape index (κ2) is 5.66. The minimum absolute atomic E-state index is 0.0773. The monoisotopic (exact) mass is 222 g/mol. The van der Waals surface area contributed by atoms with Crippen molar-refractivity contribution in [1.29, 1.82) is 0 Å². The number of ether oxygens (including phenoxy) is 1. The number of aliphatic carboxylic acids is 1. The highest BCUT2D eigenvalue weighted by Gasteiger charge is 2.19. The summed E-state index contributed by atoms with van der Waals surface area (Å²) >= 11 is 0. The first kappa shape index (κ1) is 12.7. The average molecular weight is 222 g/mol. The van der Waals surface area contributed by atoms with Crippen molar-refractivity contribution in [2.45, 2.75) is 39.4 Å². The summed E-state index contributed by atoms with van der Waals surface area (Å²) in [6.45, 7) is 5.68. The lowest BCUT2D eigenvalue weighted by atomic mass is 10.1. The molecule has 0 aliphatic heterocycles. The summed E-state index contributed by atoms with van der Waals surface area (Å²) in [4.78, 5) is 11.0. The van der Waals surface area contributed by atoms with Crippen molar-refractivity contribution in [3.8, 4) is 0 Å². The average Bonchev–Trinajstić information content (AvgIpc) is 2.19. The van der Waals surface area contributed by atoms with Gasteiger partial charge in [0.1, 0.15) is 0 Å². The van der Waals surface area contributed by atoms with Crippen LogP contribution in [0.5, 0.6) is 0 Å². The van der Waals surface area contributed by atoms with Crippen LogP contribution in [0.4, 0.5) is 0 Å². The first-order chi connectivity index (χ1) is 7.49. The van der Waals surface area contributed by atoms with Gasteiger partial charge in [-0.05, 0) is 26.3 Å². The van der Waals surface area contributed by atoms with E-state index in [9.17, 15) is 4.79 Å². The molecular weight excluding hydrogens is 204 g/mol. The van der Waals surface area contributed by atoms with Gasteiger partial charge in [0, 0.05) is 6.42 Å². The fourth-order valence-electron chi connectivity index (χ4n) is 1.46. The highest BCUT2D eigenvalue weighted by molar-refractivity contribution is 5.72. The van der Waals surface area contributed by atoms with E-state index in [-0.39, 0.29) is 6.10 Å². The Morgan fingerprint density at radius 1 is 1.31 bits per heavy atom. The molecule has 0 bridgehead atoms. The lowest BCUT2D eigenvalue weighted by molar-refractivity contribution is -0.153. The molecule has 1 aromatic carbocycles. The number of hydrogen-bond acceptors (Lipinski definition) is 2. The van der Waals surface area contributed by atoms with Crippen molar-refractivity contribution in [2.75, 3.05) is 0 Å². The molecule has 0 unspecified atom stereocenters. The van der Waals surface area contributed by atoms with Crippen LogP contribution in [0.25, 0.3) is 0 Å². The molecule has 0 saturated carbocycles. The maximum atomic E-state index is 11.0. The van der Waals surface area contributed by atoms with E-state index < -0.39 is 12.1 Å². The minimum atomic E-state index is -0.908. The van der Waals surface area contributed by atoms with Crippen LogP contribution in [0.15, 0.2) is 24.3 Å². The van der Waals surface area contributed by atoms with Crippen molar-refractivity contribution in [3.05, 3.63) is 35.4 Å². The van der Waals surface area contributed by atoms with Gasteiger partial charge in [0.25, 0.3) is 0 Å². The molecule has 0 radical (unpaired) electrons. The van der Waals surface area contributed by atoms with Crippen molar-refractivity contribution in [3.63, 3.8) is 0 Å². The zero-order valence-electron chi connectivity index (χ0n) is 9.93. The fraction of sp³-hybridized carbons (Fsp3) is 0.462. The Kier molecular flexibility index (Phi) is 4.50.